The highest BCUT2D eigenvalue weighted by molar-refractivity contribution is 5.82. The summed E-state index contributed by atoms with van der Waals surface area (Å²) in [6.07, 6.45) is 0. The van der Waals surface area contributed by atoms with E-state index in [1.54, 1.807) is 14.2 Å². The van der Waals surface area contributed by atoms with E-state index in [0.29, 0.717) is 0 Å². The molecule has 1 aliphatic heterocycles. The van der Waals surface area contributed by atoms with Crippen molar-refractivity contribution >= 4 is 11.9 Å². The minimum absolute atomic E-state index is 0.226. The molecular formula is C17H25N3O5. The highest BCUT2D eigenvalue weighted by Crippen LogP contribution is 2.25. The molecule has 0 unspecified atom stereocenters. The average Bonchev–Trinajstić information content (AvgIpc) is 2.61. The Hall–Kier alpha value is -2.32. The normalized spacial score (nSPS) is 15.6. The molecule has 0 aromatic heterocycles. The van der Waals surface area contributed by atoms with Gasteiger partial charge in [-0.05, 0) is 18.2 Å². The van der Waals surface area contributed by atoms with Gasteiger partial charge in [-0.25, -0.2) is 0 Å². The zero-order chi connectivity index (χ0) is 18.2. The zero-order valence-electron chi connectivity index (χ0n) is 14.7. The molecule has 1 fully saturated rings. The van der Waals surface area contributed by atoms with Gasteiger partial charge in [0.15, 0.2) is 0 Å². The third-order valence-corrected chi connectivity index (χ3v) is 4.15. The van der Waals surface area contributed by atoms with Crippen LogP contribution in [0.2, 0.25) is 0 Å². The van der Waals surface area contributed by atoms with Crippen LogP contribution in [0.25, 0.3) is 0 Å². The fourth-order valence-electron chi connectivity index (χ4n) is 2.79. The van der Waals surface area contributed by atoms with E-state index < -0.39 is 5.97 Å². The molecule has 2 N–H and O–H groups in total. The smallest absolute Gasteiger partial charge is 0.322 e. The van der Waals surface area contributed by atoms with E-state index in [0.717, 1.165) is 49.8 Å². The minimum atomic E-state index is -1.04. The second-order valence-electron chi connectivity index (χ2n) is 5.90. The highest BCUT2D eigenvalue weighted by atomic mass is 16.5. The van der Waals surface area contributed by atoms with Crippen molar-refractivity contribution in [2.24, 2.45) is 0 Å². The van der Waals surface area contributed by atoms with Gasteiger partial charge in [-0.2, -0.15) is 0 Å². The van der Waals surface area contributed by atoms with Crippen LogP contribution in [-0.2, 0) is 16.1 Å². The number of hydrogen-bond acceptors (Lipinski definition) is 6. The number of nitrogens with one attached hydrogen (secondary N) is 1. The number of methoxy groups -OCH3 is 2. The molecule has 1 aliphatic rings. The van der Waals surface area contributed by atoms with Gasteiger partial charge in [0, 0.05) is 38.3 Å². The second kappa shape index (κ2) is 9.24. The van der Waals surface area contributed by atoms with Gasteiger partial charge in [0.25, 0.3) is 0 Å². The summed E-state index contributed by atoms with van der Waals surface area (Å²) in [5, 5.41) is 11.0. The molecule has 1 aromatic rings. The lowest BCUT2D eigenvalue weighted by molar-refractivity contribution is -0.138. The number of rotatable bonds is 8. The van der Waals surface area contributed by atoms with Gasteiger partial charge in [-0.15, -0.1) is 0 Å². The van der Waals surface area contributed by atoms with Crippen LogP contribution in [0.4, 0.5) is 0 Å². The van der Waals surface area contributed by atoms with E-state index in [1.807, 2.05) is 23.1 Å². The number of ether oxygens (including phenoxy) is 2. The molecule has 2 rings (SSSR count). The predicted octanol–water partition coefficient (Wildman–Crippen LogP) is 0.0222. The summed E-state index contributed by atoms with van der Waals surface area (Å²) in [7, 11) is 3.29. The third kappa shape index (κ3) is 5.91. The summed E-state index contributed by atoms with van der Waals surface area (Å²) in [5.41, 5.74) is 1.06. The Labute approximate surface area is 147 Å². The lowest BCUT2D eigenvalue weighted by atomic mass is 10.1. The second-order valence-corrected chi connectivity index (χ2v) is 5.90. The molecule has 0 aliphatic carbocycles. The van der Waals surface area contributed by atoms with Crippen molar-refractivity contribution in [3.8, 4) is 11.5 Å². The number of hydrogen-bond donors (Lipinski definition) is 2. The van der Waals surface area contributed by atoms with Crippen molar-refractivity contribution in [1.82, 2.24) is 15.1 Å². The number of benzene rings is 1. The molecule has 1 heterocycles. The van der Waals surface area contributed by atoms with E-state index in [-0.39, 0.29) is 19.0 Å². The first kappa shape index (κ1) is 19.0. The maximum absolute atomic E-state index is 11.7. The van der Waals surface area contributed by atoms with Crippen molar-refractivity contribution in [1.29, 1.82) is 0 Å². The molecule has 8 heteroatoms. The topological polar surface area (TPSA) is 91.3 Å². The van der Waals surface area contributed by atoms with E-state index in [1.165, 1.54) is 0 Å². The molecule has 1 amide bonds. The Morgan fingerprint density at radius 3 is 2.40 bits per heavy atom. The van der Waals surface area contributed by atoms with Crippen LogP contribution in [0.15, 0.2) is 18.2 Å². The molecule has 138 valence electrons. The van der Waals surface area contributed by atoms with Gasteiger partial charge in [-0.3, -0.25) is 19.4 Å². The molecule has 0 saturated carbocycles. The van der Waals surface area contributed by atoms with Crippen LogP contribution in [-0.4, -0.2) is 80.3 Å². The zero-order valence-corrected chi connectivity index (χ0v) is 14.7. The van der Waals surface area contributed by atoms with E-state index >= 15 is 0 Å². The standard InChI is InChI=1S/C17H25N3O5/c1-24-14-3-4-15(25-2)13(9-14)11-19-5-7-20(8-6-19)12-16(21)18-10-17(22)23/h3-4,9H,5-8,10-12H2,1-2H3,(H,18,21)(H,22,23). The van der Waals surface area contributed by atoms with Gasteiger partial charge < -0.3 is 19.9 Å². The molecule has 0 bridgehead atoms. The van der Waals surface area contributed by atoms with Gasteiger partial charge >= 0.3 is 5.97 Å². The number of aliphatic carboxylic acids is 1. The fraction of sp³-hybridized carbons (Fsp3) is 0.529. The Kier molecular flexibility index (Phi) is 7.03. The van der Waals surface area contributed by atoms with Gasteiger partial charge in [-0.1, -0.05) is 0 Å². The third-order valence-electron chi connectivity index (χ3n) is 4.15. The summed E-state index contributed by atoms with van der Waals surface area (Å²) < 4.78 is 10.7. The van der Waals surface area contributed by atoms with Crippen molar-refractivity contribution in [3.63, 3.8) is 0 Å². The number of carbonyl (C=O) groups excluding carboxylic acids is 1. The van der Waals surface area contributed by atoms with E-state index in [9.17, 15) is 9.59 Å². The number of nitrogens with zero attached hydrogens (tertiary/aromatic N) is 2. The van der Waals surface area contributed by atoms with Crippen molar-refractivity contribution in [2.45, 2.75) is 6.54 Å². The molecular weight excluding hydrogens is 326 g/mol. The van der Waals surface area contributed by atoms with Crippen LogP contribution in [0, 0.1) is 0 Å². The Morgan fingerprint density at radius 2 is 1.80 bits per heavy atom. The minimum Gasteiger partial charge on any atom is -0.497 e. The van der Waals surface area contributed by atoms with Crippen LogP contribution < -0.4 is 14.8 Å². The lowest BCUT2D eigenvalue weighted by Crippen LogP contribution is -2.49. The maximum atomic E-state index is 11.7. The summed E-state index contributed by atoms with van der Waals surface area (Å²) in [4.78, 5) is 26.5. The lowest BCUT2D eigenvalue weighted by Gasteiger charge is -2.34. The Morgan fingerprint density at radius 1 is 1.12 bits per heavy atom. The van der Waals surface area contributed by atoms with Crippen molar-refractivity contribution < 1.29 is 24.2 Å². The Bertz CT molecular complexity index is 600. The van der Waals surface area contributed by atoms with Crippen LogP contribution in [0.5, 0.6) is 11.5 Å². The monoisotopic (exact) mass is 351 g/mol. The van der Waals surface area contributed by atoms with Gasteiger partial charge in [0.1, 0.15) is 18.0 Å². The number of carboxylic acids is 1. The van der Waals surface area contributed by atoms with E-state index in [2.05, 4.69) is 10.2 Å². The summed E-state index contributed by atoms with van der Waals surface area (Å²) in [6.45, 7) is 3.80. The molecule has 0 spiro atoms. The van der Waals surface area contributed by atoms with Crippen LogP contribution >= 0.6 is 0 Å². The number of carboxylic acid groups (broad SMARTS) is 1. The molecule has 0 atom stereocenters. The van der Waals surface area contributed by atoms with Gasteiger partial charge in [0.05, 0.1) is 20.8 Å². The molecule has 25 heavy (non-hydrogen) atoms. The predicted molar refractivity (Wildman–Crippen MR) is 91.9 cm³/mol. The largest absolute Gasteiger partial charge is 0.497 e. The van der Waals surface area contributed by atoms with Crippen LogP contribution in [0.1, 0.15) is 5.56 Å². The first-order valence-electron chi connectivity index (χ1n) is 8.16. The Balaban J connectivity index is 1.82. The summed E-state index contributed by atoms with van der Waals surface area (Å²) in [5.74, 6) is 0.330. The number of piperazine rings is 1. The van der Waals surface area contributed by atoms with E-state index in [4.69, 9.17) is 14.6 Å². The highest BCUT2D eigenvalue weighted by Gasteiger charge is 2.20. The first-order valence-corrected chi connectivity index (χ1v) is 8.16. The number of carbonyl (C=O) groups is 2. The fourth-order valence-corrected chi connectivity index (χ4v) is 2.79. The summed E-state index contributed by atoms with van der Waals surface area (Å²) in [6, 6.07) is 5.75. The number of amides is 1. The SMILES string of the molecule is COc1ccc(OC)c(CN2CCN(CC(=O)NCC(=O)O)CC2)c1. The molecule has 1 aromatic carbocycles. The van der Waals surface area contributed by atoms with Gasteiger partial charge in [0.2, 0.25) is 5.91 Å². The quantitative estimate of drug-likeness (QED) is 0.682. The van der Waals surface area contributed by atoms with Crippen LogP contribution in [0.3, 0.4) is 0 Å². The molecule has 8 nitrogen and oxygen atoms in total. The van der Waals surface area contributed by atoms with Crippen molar-refractivity contribution in [3.05, 3.63) is 23.8 Å². The van der Waals surface area contributed by atoms with Crippen molar-refractivity contribution in [2.75, 3.05) is 53.5 Å². The first-order chi connectivity index (χ1) is 12.0. The molecule has 0 radical (unpaired) electrons. The molecule has 1 saturated heterocycles. The maximum Gasteiger partial charge on any atom is 0.322 e. The average molecular weight is 351 g/mol. The summed E-state index contributed by atoms with van der Waals surface area (Å²) >= 11 is 0.